The fourth-order valence-electron chi connectivity index (χ4n) is 2.30. The molecule has 24 heavy (non-hydrogen) atoms. The van der Waals surface area contributed by atoms with Crippen molar-refractivity contribution >= 4 is 29.1 Å². The van der Waals surface area contributed by atoms with E-state index >= 15 is 0 Å². The van der Waals surface area contributed by atoms with E-state index in [1.807, 2.05) is 0 Å². The molecule has 0 saturated carbocycles. The predicted octanol–water partition coefficient (Wildman–Crippen LogP) is 4.30. The Hall–Kier alpha value is -1.69. The summed E-state index contributed by atoms with van der Waals surface area (Å²) in [6.45, 7) is 0.0317. The van der Waals surface area contributed by atoms with Crippen molar-refractivity contribution in [3.05, 3.63) is 69.2 Å². The normalized spacial score (nSPS) is 12.3. The van der Waals surface area contributed by atoms with E-state index in [0.717, 1.165) is 0 Å². The second-order valence-electron chi connectivity index (χ2n) is 5.45. The first-order valence-corrected chi connectivity index (χ1v) is 7.90. The number of hydrogen-bond acceptors (Lipinski definition) is 2. The zero-order valence-electron chi connectivity index (χ0n) is 13.1. The molecule has 0 aliphatic heterocycles. The van der Waals surface area contributed by atoms with Crippen LogP contribution in [0.1, 0.15) is 22.0 Å². The van der Waals surface area contributed by atoms with Crippen LogP contribution < -0.4 is 5.32 Å². The van der Waals surface area contributed by atoms with Crippen LogP contribution >= 0.6 is 23.2 Å². The van der Waals surface area contributed by atoms with Crippen molar-refractivity contribution in [3.63, 3.8) is 0 Å². The van der Waals surface area contributed by atoms with Gasteiger partial charge in [0.25, 0.3) is 5.91 Å². The highest BCUT2D eigenvalue weighted by Gasteiger charge is 2.23. The van der Waals surface area contributed by atoms with E-state index in [2.05, 4.69) is 5.32 Å². The van der Waals surface area contributed by atoms with E-state index in [1.54, 1.807) is 19.0 Å². The average molecular weight is 373 g/mol. The van der Waals surface area contributed by atoms with Crippen molar-refractivity contribution in [2.45, 2.75) is 6.04 Å². The molecule has 0 aliphatic rings. The minimum absolute atomic E-state index is 0.0317. The van der Waals surface area contributed by atoms with Gasteiger partial charge in [-0.1, -0.05) is 29.3 Å². The molecule has 1 N–H and O–H groups in total. The topological polar surface area (TPSA) is 32.3 Å². The average Bonchev–Trinajstić information content (AvgIpc) is 2.52. The van der Waals surface area contributed by atoms with E-state index < -0.39 is 23.6 Å². The minimum Gasteiger partial charge on any atom is -0.350 e. The lowest BCUT2D eigenvalue weighted by Crippen LogP contribution is -2.35. The first kappa shape index (κ1) is 18.6. The van der Waals surface area contributed by atoms with Crippen LogP contribution in [0.4, 0.5) is 8.78 Å². The largest absolute Gasteiger partial charge is 0.350 e. The van der Waals surface area contributed by atoms with Crippen molar-refractivity contribution in [2.24, 2.45) is 0 Å². The summed E-state index contributed by atoms with van der Waals surface area (Å²) in [5, 5.41) is 3.26. The number of benzene rings is 2. The Bertz CT molecular complexity index is 733. The molecule has 128 valence electrons. The van der Waals surface area contributed by atoms with E-state index in [0.29, 0.717) is 10.6 Å². The number of nitrogens with one attached hydrogen (secondary N) is 1. The summed E-state index contributed by atoms with van der Waals surface area (Å²) >= 11 is 11.7. The van der Waals surface area contributed by atoms with Gasteiger partial charge in [-0.25, -0.2) is 8.78 Å². The number of hydrogen-bond donors (Lipinski definition) is 1. The maximum atomic E-state index is 14.0. The Balaban J connectivity index is 2.17. The molecule has 1 unspecified atom stereocenters. The van der Waals surface area contributed by atoms with Gasteiger partial charge in [-0.3, -0.25) is 4.79 Å². The zero-order chi connectivity index (χ0) is 17.9. The van der Waals surface area contributed by atoms with Gasteiger partial charge in [0.1, 0.15) is 11.6 Å². The molecule has 7 heteroatoms. The lowest BCUT2D eigenvalue weighted by molar-refractivity contribution is 0.0940. The maximum Gasteiger partial charge on any atom is 0.251 e. The third-order valence-corrected chi connectivity index (χ3v) is 4.33. The molecule has 0 heterocycles. The first-order chi connectivity index (χ1) is 11.3. The van der Waals surface area contributed by atoms with Crippen LogP contribution in [-0.4, -0.2) is 31.4 Å². The zero-order valence-corrected chi connectivity index (χ0v) is 14.6. The Morgan fingerprint density at radius 1 is 1.12 bits per heavy atom. The van der Waals surface area contributed by atoms with E-state index in [-0.39, 0.29) is 17.1 Å². The summed E-state index contributed by atoms with van der Waals surface area (Å²) in [5.41, 5.74) is 0.229. The SMILES string of the molecule is CN(C)C(CNC(=O)c1ccc(Cl)c(Cl)c1)c1c(F)cccc1F. The number of rotatable bonds is 5. The molecular formula is C17H16Cl2F2N2O. The van der Waals surface area contributed by atoms with E-state index in [4.69, 9.17) is 23.2 Å². The molecule has 0 spiro atoms. The lowest BCUT2D eigenvalue weighted by atomic mass is 10.0. The highest BCUT2D eigenvalue weighted by molar-refractivity contribution is 6.42. The molecule has 3 nitrogen and oxygen atoms in total. The third-order valence-electron chi connectivity index (χ3n) is 3.59. The van der Waals surface area contributed by atoms with Crippen LogP contribution in [0, 0.1) is 11.6 Å². The quantitative estimate of drug-likeness (QED) is 0.848. The molecule has 0 aromatic heterocycles. The minimum atomic E-state index is -0.655. The Morgan fingerprint density at radius 2 is 1.75 bits per heavy atom. The van der Waals surface area contributed by atoms with Crippen LogP contribution in [0.2, 0.25) is 10.0 Å². The standard InChI is InChI=1S/C17H16Cl2F2N2O/c1-23(2)15(16-13(20)4-3-5-14(16)21)9-22-17(24)10-6-7-11(18)12(19)8-10/h3-8,15H,9H2,1-2H3,(H,22,24). The Labute approximate surface area is 149 Å². The third kappa shape index (κ3) is 4.23. The fraction of sp³-hybridized carbons (Fsp3) is 0.235. The number of carbonyl (C=O) groups is 1. The van der Waals surface area contributed by atoms with Gasteiger partial charge in [-0.05, 0) is 44.4 Å². The first-order valence-electron chi connectivity index (χ1n) is 7.15. The predicted molar refractivity (Wildman–Crippen MR) is 91.6 cm³/mol. The molecule has 1 atom stereocenters. The van der Waals surface area contributed by atoms with Crippen LogP contribution in [0.3, 0.4) is 0 Å². The number of halogens is 4. The van der Waals surface area contributed by atoms with Gasteiger partial charge in [0.05, 0.1) is 16.1 Å². The van der Waals surface area contributed by atoms with Gasteiger partial charge in [0, 0.05) is 17.7 Å². The monoisotopic (exact) mass is 372 g/mol. The van der Waals surface area contributed by atoms with Crippen LogP contribution in [0.25, 0.3) is 0 Å². The van der Waals surface area contributed by atoms with Crippen molar-refractivity contribution < 1.29 is 13.6 Å². The smallest absolute Gasteiger partial charge is 0.251 e. The van der Waals surface area contributed by atoms with Crippen LogP contribution in [-0.2, 0) is 0 Å². The van der Waals surface area contributed by atoms with Crippen molar-refractivity contribution in [3.8, 4) is 0 Å². The highest BCUT2D eigenvalue weighted by Crippen LogP contribution is 2.25. The molecule has 0 saturated heterocycles. The molecule has 0 bridgehead atoms. The Kier molecular flexibility index (Phi) is 6.15. The van der Waals surface area contributed by atoms with Gasteiger partial charge in [-0.15, -0.1) is 0 Å². The van der Waals surface area contributed by atoms with Gasteiger partial charge in [-0.2, -0.15) is 0 Å². The summed E-state index contributed by atoms with van der Waals surface area (Å²) in [6.07, 6.45) is 0. The summed E-state index contributed by atoms with van der Waals surface area (Å²) in [6, 6.07) is 7.50. The summed E-state index contributed by atoms with van der Waals surface area (Å²) < 4.78 is 28.0. The number of amides is 1. The molecule has 2 aromatic rings. The second kappa shape index (κ2) is 7.92. The van der Waals surface area contributed by atoms with E-state index in [9.17, 15) is 13.6 Å². The molecular weight excluding hydrogens is 357 g/mol. The number of likely N-dealkylation sites (N-methyl/N-ethyl adjacent to an activating group) is 1. The van der Waals surface area contributed by atoms with Crippen LogP contribution in [0.15, 0.2) is 36.4 Å². The summed E-state index contributed by atoms with van der Waals surface area (Å²) in [5.74, 6) is -1.72. The van der Waals surface area contributed by atoms with Gasteiger partial charge in [0.15, 0.2) is 0 Å². The summed E-state index contributed by atoms with van der Waals surface area (Å²) in [4.78, 5) is 13.9. The maximum absolute atomic E-state index is 14.0. The number of carbonyl (C=O) groups excluding carboxylic acids is 1. The van der Waals surface area contributed by atoms with Gasteiger partial charge >= 0.3 is 0 Å². The molecule has 2 aromatic carbocycles. The van der Waals surface area contributed by atoms with Crippen molar-refractivity contribution in [1.82, 2.24) is 10.2 Å². The lowest BCUT2D eigenvalue weighted by Gasteiger charge is -2.25. The molecule has 0 radical (unpaired) electrons. The van der Waals surface area contributed by atoms with Gasteiger partial charge in [0.2, 0.25) is 0 Å². The molecule has 0 fully saturated rings. The Morgan fingerprint density at radius 3 is 2.29 bits per heavy atom. The van der Waals surface area contributed by atoms with Crippen LogP contribution in [0.5, 0.6) is 0 Å². The van der Waals surface area contributed by atoms with Crippen molar-refractivity contribution in [2.75, 3.05) is 20.6 Å². The highest BCUT2D eigenvalue weighted by atomic mass is 35.5. The molecule has 1 amide bonds. The van der Waals surface area contributed by atoms with Gasteiger partial charge < -0.3 is 10.2 Å². The number of nitrogens with zero attached hydrogens (tertiary/aromatic N) is 1. The molecule has 0 aliphatic carbocycles. The fourth-order valence-corrected chi connectivity index (χ4v) is 2.60. The second-order valence-corrected chi connectivity index (χ2v) is 6.27. The van der Waals surface area contributed by atoms with E-state index in [1.165, 1.54) is 36.4 Å². The molecule has 2 rings (SSSR count). The van der Waals surface area contributed by atoms with Crippen molar-refractivity contribution in [1.29, 1.82) is 0 Å². The summed E-state index contributed by atoms with van der Waals surface area (Å²) in [7, 11) is 3.36.